The van der Waals surface area contributed by atoms with Crippen LogP contribution < -0.4 is 9.47 Å². The van der Waals surface area contributed by atoms with Crippen LogP contribution in [0.5, 0.6) is 11.5 Å². The third kappa shape index (κ3) is 5.97. The molecular formula is C23H24N2O4. The van der Waals surface area contributed by atoms with Crippen LogP contribution in [0.1, 0.15) is 16.7 Å². The van der Waals surface area contributed by atoms with Crippen molar-refractivity contribution in [2.75, 3.05) is 14.2 Å². The first-order valence-corrected chi connectivity index (χ1v) is 9.24. The Morgan fingerprint density at radius 1 is 0.862 bits per heavy atom. The Hall–Kier alpha value is -3.54. The number of benzene rings is 2. The first-order chi connectivity index (χ1) is 14.2. The molecule has 0 atom stereocenters. The van der Waals surface area contributed by atoms with Crippen LogP contribution in [0.4, 0.5) is 4.79 Å². The molecule has 1 heterocycles. The van der Waals surface area contributed by atoms with Crippen molar-refractivity contribution in [3.63, 3.8) is 0 Å². The highest BCUT2D eigenvalue weighted by atomic mass is 16.6. The van der Waals surface area contributed by atoms with Crippen LogP contribution in [0.15, 0.2) is 73.1 Å². The van der Waals surface area contributed by atoms with Gasteiger partial charge in [-0.25, -0.2) is 4.79 Å². The van der Waals surface area contributed by atoms with Crippen molar-refractivity contribution in [3.8, 4) is 11.5 Å². The molecule has 0 saturated heterocycles. The van der Waals surface area contributed by atoms with E-state index in [1.165, 1.54) is 0 Å². The van der Waals surface area contributed by atoms with Crippen LogP contribution in [-0.2, 0) is 24.4 Å². The van der Waals surface area contributed by atoms with Crippen molar-refractivity contribution in [2.45, 2.75) is 19.7 Å². The van der Waals surface area contributed by atoms with Crippen LogP contribution in [0.3, 0.4) is 0 Å². The Kier molecular flexibility index (Phi) is 7.05. The van der Waals surface area contributed by atoms with Crippen molar-refractivity contribution in [1.82, 2.24) is 9.88 Å². The number of carbonyl (C=O) groups excluding carboxylic acids is 1. The van der Waals surface area contributed by atoms with E-state index in [9.17, 15) is 4.79 Å². The maximum Gasteiger partial charge on any atom is 0.410 e. The lowest BCUT2D eigenvalue weighted by atomic mass is 10.1. The van der Waals surface area contributed by atoms with Crippen molar-refractivity contribution in [1.29, 1.82) is 0 Å². The zero-order chi connectivity index (χ0) is 20.5. The Morgan fingerprint density at radius 2 is 1.45 bits per heavy atom. The highest BCUT2D eigenvalue weighted by Gasteiger charge is 2.17. The summed E-state index contributed by atoms with van der Waals surface area (Å²) < 4.78 is 16.1. The number of methoxy groups -OCH3 is 2. The van der Waals surface area contributed by atoms with Gasteiger partial charge in [-0.1, -0.05) is 30.3 Å². The third-order valence-electron chi connectivity index (χ3n) is 4.36. The number of aromatic nitrogens is 1. The fraction of sp³-hybridized carbons (Fsp3) is 0.217. The summed E-state index contributed by atoms with van der Waals surface area (Å²) in [6, 6.07) is 19.0. The standard InChI is InChI=1S/C23H24N2O4/c1-27-21-9-3-6-18(12-21)15-25(16-19-7-4-10-22(13-19)28-2)23(26)29-17-20-8-5-11-24-14-20/h3-14H,15-17H2,1-2H3. The van der Waals surface area contributed by atoms with Crippen LogP contribution in [0.25, 0.3) is 0 Å². The second kappa shape index (κ2) is 10.1. The van der Waals surface area contributed by atoms with Gasteiger partial charge in [0.05, 0.1) is 14.2 Å². The smallest absolute Gasteiger partial charge is 0.410 e. The van der Waals surface area contributed by atoms with E-state index in [0.717, 1.165) is 28.2 Å². The summed E-state index contributed by atoms with van der Waals surface area (Å²) in [7, 11) is 3.24. The molecule has 0 fully saturated rings. The maximum atomic E-state index is 12.9. The predicted octanol–water partition coefficient (Wildman–Crippen LogP) is 4.44. The van der Waals surface area contributed by atoms with Gasteiger partial charge in [-0.05, 0) is 41.5 Å². The molecule has 2 aromatic carbocycles. The average Bonchev–Trinajstić information content (AvgIpc) is 2.78. The molecule has 3 rings (SSSR count). The molecule has 0 saturated carbocycles. The van der Waals surface area contributed by atoms with E-state index < -0.39 is 6.09 Å². The third-order valence-corrected chi connectivity index (χ3v) is 4.36. The number of nitrogens with zero attached hydrogens (tertiary/aromatic N) is 2. The topological polar surface area (TPSA) is 60.9 Å². The lowest BCUT2D eigenvalue weighted by Crippen LogP contribution is -2.30. The number of carbonyl (C=O) groups is 1. The first-order valence-electron chi connectivity index (χ1n) is 9.24. The lowest BCUT2D eigenvalue weighted by Gasteiger charge is -2.23. The molecule has 6 heteroatoms. The second-order valence-electron chi connectivity index (χ2n) is 6.47. The monoisotopic (exact) mass is 392 g/mol. The van der Waals surface area contributed by atoms with Gasteiger partial charge in [0.15, 0.2) is 0 Å². The van der Waals surface area contributed by atoms with Gasteiger partial charge in [0, 0.05) is 31.0 Å². The summed E-state index contributed by atoms with van der Waals surface area (Å²) >= 11 is 0. The van der Waals surface area contributed by atoms with Gasteiger partial charge in [0.25, 0.3) is 0 Å². The summed E-state index contributed by atoms with van der Waals surface area (Å²) in [6.45, 7) is 0.944. The summed E-state index contributed by atoms with van der Waals surface area (Å²) in [4.78, 5) is 18.6. The number of amides is 1. The molecule has 3 aromatic rings. The molecule has 1 amide bonds. The van der Waals surface area contributed by atoms with E-state index in [-0.39, 0.29) is 6.61 Å². The zero-order valence-corrected chi connectivity index (χ0v) is 16.6. The lowest BCUT2D eigenvalue weighted by molar-refractivity contribution is 0.0909. The van der Waals surface area contributed by atoms with Crippen molar-refractivity contribution >= 4 is 6.09 Å². The van der Waals surface area contributed by atoms with Gasteiger partial charge in [0.1, 0.15) is 18.1 Å². The van der Waals surface area contributed by atoms with Crippen molar-refractivity contribution in [2.24, 2.45) is 0 Å². The van der Waals surface area contributed by atoms with Gasteiger partial charge in [-0.2, -0.15) is 0 Å². The molecule has 1 aromatic heterocycles. The molecule has 29 heavy (non-hydrogen) atoms. The molecule has 0 radical (unpaired) electrons. The van der Waals surface area contributed by atoms with Crippen molar-refractivity contribution in [3.05, 3.63) is 89.7 Å². The minimum Gasteiger partial charge on any atom is -0.497 e. The van der Waals surface area contributed by atoms with Gasteiger partial charge in [0.2, 0.25) is 0 Å². The molecule has 0 aliphatic heterocycles. The fourth-order valence-corrected chi connectivity index (χ4v) is 2.89. The molecular weight excluding hydrogens is 368 g/mol. The molecule has 0 unspecified atom stereocenters. The van der Waals surface area contributed by atoms with Gasteiger partial charge in [-0.15, -0.1) is 0 Å². The first kappa shape index (κ1) is 20.2. The zero-order valence-electron chi connectivity index (χ0n) is 16.6. The molecule has 0 aliphatic carbocycles. The molecule has 0 bridgehead atoms. The number of hydrogen-bond donors (Lipinski definition) is 0. The highest BCUT2D eigenvalue weighted by Crippen LogP contribution is 2.19. The van der Waals surface area contributed by atoms with Gasteiger partial charge < -0.3 is 14.2 Å². The summed E-state index contributed by atoms with van der Waals surface area (Å²) in [5, 5.41) is 0. The summed E-state index contributed by atoms with van der Waals surface area (Å²) in [5.41, 5.74) is 2.74. The second-order valence-corrected chi connectivity index (χ2v) is 6.47. The van der Waals surface area contributed by atoms with Crippen molar-refractivity contribution < 1.29 is 19.0 Å². The Bertz CT molecular complexity index is 881. The van der Waals surface area contributed by atoms with Crippen LogP contribution in [0, 0.1) is 0 Å². The SMILES string of the molecule is COc1cccc(CN(Cc2cccc(OC)c2)C(=O)OCc2cccnc2)c1. The van der Waals surface area contributed by atoms with E-state index >= 15 is 0 Å². The quantitative estimate of drug-likeness (QED) is 0.567. The summed E-state index contributed by atoms with van der Waals surface area (Å²) in [5.74, 6) is 1.49. The number of rotatable bonds is 8. The van der Waals surface area contributed by atoms with E-state index in [1.807, 2.05) is 60.7 Å². The minimum atomic E-state index is -0.403. The molecule has 0 aliphatic rings. The average molecular weight is 392 g/mol. The normalized spacial score (nSPS) is 10.3. The Labute approximate surface area is 170 Å². The Balaban J connectivity index is 1.76. The number of ether oxygens (including phenoxy) is 3. The molecule has 0 N–H and O–H groups in total. The van der Waals surface area contributed by atoms with Crippen LogP contribution in [0.2, 0.25) is 0 Å². The van der Waals surface area contributed by atoms with Gasteiger partial charge >= 0.3 is 6.09 Å². The predicted molar refractivity (Wildman–Crippen MR) is 110 cm³/mol. The van der Waals surface area contributed by atoms with E-state index in [0.29, 0.717) is 13.1 Å². The molecule has 6 nitrogen and oxygen atoms in total. The fourth-order valence-electron chi connectivity index (χ4n) is 2.89. The molecule has 0 spiro atoms. The van der Waals surface area contributed by atoms with E-state index in [2.05, 4.69) is 4.98 Å². The maximum absolute atomic E-state index is 12.9. The summed E-state index contributed by atoms with van der Waals surface area (Å²) in [6.07, 6.45) is 2.96. The van der Waals surface area contributed by atoms with Crippen LogP contribution in [-0.4, -0.2) is 30.2 Å². The minimum absolute atomic E-state index is 0.166. The van der Waals surface area contributed by atoms with E-state index in [1.54, 1.807) is 31.5 Å². The van der Waals surface area contributed by atoms with E-state index in [4.69, 9.17) is 14.2 Å². The van der Waals surface area contributed by atoms with Crippen LogP contribution >= 0.6 is 0 Å². The highest BCUT2D eigenvalue weighted by molar-refractivity contribution is 5.67. The largest absolute Gasteiger partial charge is 0.497 e. The Morgan fingerprint density at radius 3 is 1.97 bits per heavy atom. The molecule has 150 valence electrons. The van der Waals surface area contributed by atoms with Gasteiger partial charge in [-0.3, -0.25) is 9.88 Å². The number of pyridine rings is 1. The number of hydrogen-bond acceptors (Lipinski definition) is 5.